The molecule has 0 radical (unpaired) electrons. The minimum atomic E-state index is -0.418. The maximum atomic E-state index is 13.6. The number of benzene rings is 2. The molecule has 2 N–H and O–H groups in total. The number of H-pyrrole nitrogens is 1. The summed E-state index contributed by atoms with van der Waals surface area (Å²) in [5.41, 5.74) is 5.14. The van der Waals surface area contributed by atoms with Crippen molar-refractivity contribution in [2.24, 2.45) is 11.1 Å². The summed E-state index contributed by atoms with van der Waals surface area (Å²) in [5, 5.41) is 20.9. The molecule has 5 rings (SSSR count). The van der Waals surface area contributed by atoms with Gasteiger partial charge in [0.25, 0.3) is 0 Å². The van der Waals surface area contributed by atoms with Crippen LogP contribution in [0.4, 0.5) is 4.39 Å². The van der Waals surface area contributed by atoms with Gasteiger partial charge in [0, 0.05) is 29.0 Å². The second-order valence-corrected chi connectivity index (χ2v) is 7.93. The van der Waals surface area contributed by atoms with E-state index in [0.717, 1.165) is 47.3 Å². The lowest BCUT2D eigenvalue weighted by Gasteiger charge is -2.34. The summed E-state index contributed by atoms with van der Waals surface area (Å²) in [6, 6.07) is 17.0. The van der Waals surface area contributed by atoms with E-state index in [0.29, 0.717) is 12.1 Å². The highest BCUT2D eigenvalue weighted by molar-refractivity contribution is 6.03. The van der Waals surface area contributed by atoms with Gasteiger partial charge in [-0.15, -0.1) is 0 Å². The molecule has 146 valence electrons. The molecule has 1 atom stereocenters. The molecule has 1 aromatic heterocycles. The van der Waals surface area contributed by atoms with Crippen molar-refractivity contribution in [1.82, 2.24) is 10.2 Å². The summed E-state index contributed by atoms with van der Waals surface area (Å²) in [6.07, 6.45) is 8.14. The smallest absolute Gasteiger partial charge is 0.123 e. The maximum Gasteiger partial charge on any atom is 0.123 e. The minimum Gasteiger partial charge on any atom is -0.411 e. The molecule has 1 unspecified atom stereocenters. The van der Waals surface area contributed by atoms with Crippen molar-refractivity contribution in [3.8, 4) is 0 Å². The normalized spacial score (nSPS) is 21.6. The third kappa shape index (κ3) is 2.89. The highest BCUT2D eigenvalue weighted by Crippen LogP contribution is 2.42. The fraction of sp³-hybridized carbons (Fsp3) is 0.250. The van der Waals surface area contributed by atoms with Crippen LogP contribution in [0.2, 0.25) is 0 Å². The van der Waals surface area contributed by atoms with Gasteiger partial charge in [0.15, 0.2) is 0 Å². The molecule has 2 aromatic carbocycles. The van der Waals surface area contributed by atoms with Crippen LogP contribution in [0.3, 0.4) is 0 Å². The number of nitrogens with zero attached hydrogens (tertiary/aromatic N) is 2. The van der Waals surface area contributed by atoms with Gasteiger partial charge in [0.1, 0.15) is 17.2 Å². The van der Waals surface area contributed by atoms with Crippen LogP contribution in [0.5, 0.6) is 0 Å². The van der Waals surface area contributed by atoms with E-state index in [1.54, 1.807) is 0 Å². The van der Waals surface area contributed by atoms with Gasteiger partial charge in [-0.1, -0.05) is 66.2 Å². The molecular formula is C24H22FN3O. The van der Waals surface area contributed by atoms with Crippen LogP contribution in [0.15, 0.2) is 65.8 Å². The molecule has 0 bridgehead atoms. The fourth-order valence-electron chi connectivity index (χ4n) is 4.51. The Hall–Kier alpha value is -3.21. The molecule has 29 heavy (non-hydrogen) atoms. The number of fused-ring (bicyclic) bond motifs is 1. The zero-order chi connectivity index (χ0) is 19.8. The van der Waals surface area contributed by atoms with Gasteiger partial charge in [0.2, 0.25) is 0 Å². The molecule has 0 spiro atoms. The van der Waals surface area contributed by atoms with E-state index >= 15 is 0 Å². The van der Waals surface area contributed by atoms with Crippen LogP contribution in [-0.4, -0.2) is 21.1 Å². The lowest BCUT2D eigenvalue weighted by atomic mass is 9.68. The van der Waals surface area contributed by atoms with Gasteiger partial charge in [-0.05, 0) is 36.1 Å². The quantitative estimate of drug-likeness (QED) is 0.372. The van der Waals surface area contributed by atoms with Crippen molar-refractivity contribution in [1.29, 1.82) is 0 Å². The topological polar surface area (TPSA) is 61.3 Å². The third-order valence-electron chi connectivity index (χ3n) is 6.36. The van der Waals surface area contributed by atoms with Crippen LogP contribution in [0, 0.1) is 11.7 Å². The molecule has 2 aliphatic carbocycles. The molecular weight excluding hydrogens is 365 g/mol. The number of hydrogen-bond donors (Lipinski definition) is 2. The van der Waals surface area contributed by atoms with Gasteiger partial charge in [-0.3, -0.25) is 5.10 Å². The first-order valence-electron chi connectivity index (χ1n) is 10.0. The van der Waals surface area contributed by atoms with Gasteiger partial charge >= 0.3 is 0 Å². The van der Waals surface area contributed by atoms with E-state index in [1.165, 1.54) is 12.1 Å². The Morgan fingerprint density at radius 2 is 1.79 bits per heavy atom. The number of halogens is 1. The average molecular weight is 387 g/mol. The number of aromatic amines is 1. The predicted molar refractivity (Wildman–Crippen MR) is 111 cm³/mol. The summed E-state index contributed by atoms with van der Waals surface area (Å²) >= 11 is 0. The van der Waals surface area contributed by atoms with Crippen molar-refractivity contribution in [3.05, 3.63) is 94.6 Å². The number of allylic oxidation sites excluding steroid dienone is 1. The largest absolute Gasteiger partial charge is 0.411 e. The standard InChI is InChI=1S/C24H22FN3O/c25-19-11-9-18(10-12-19)24(17-7-2-1-3-8-17)14-13-20-21(15-24)26-27-23(20)22(28-29)16-5-4-6-16/h1-3,7-14,16,29H,4-6,15H2,(H,26,27)/b28-22+. The van der Waals surface area contributed by atoms with E-state index in [1.807, 2.05) is 30.3 Å². The summed E-state index contributed by atoms with van der Waals surface area (Å²) in [5.74, 6) is 0.0317. The van der Waals surface area contributed by atoms with Gasteiger partial charge in [-0.25, -0.2) is 4.39 Å². The van der Waals surface area contributed by atoms with Crippen LogP contribution in [-0.2, 0) is 11.8 Å². The second-order valence-electron chi connectivity index (χ2n) is 7.93. The number of nitrogens with one attached hydrogen (secondary N) is 1. The van der Waals surface area contributed by atoms with Crippen LogP contribution in [0.1, 0.15) is 47.3 Å². The van der Waals surface area contributed by atoms with Crippen LogP contribution in [0.25, 0.3) is 6.08 Å². The molecule has 0 aliphatic heterocycles. The number of aromatic nitrogens is 2. The Balaban J connectivity index is 1.61. The lowest BCUT2D eigenvalue weighted by Crippen LogP contribution is -2.31. The highest BCUT2D eigenvalue weighted by atomic mass is 19.1. The summed E-state index contributed by atoms with van der Waals surface area (Å²) in [6.45, 7) is 0. The summed E-state index contributed by atoms with van der Waals surface area (Å²) < 4.78 is 13.6. The van der Waals surface area contributed by atoms with Crippen molar-refractivity contribution in [2.75, 3.05) is 0 Å². The van der Waals surface area contributed by atoms with Crippen LogP contribution >= 0.6 is 0 Å². The third-order valence-corrected chi connectivity index (χ3v) is 6.36. The van der Waals surface area contributed by atoms with Crippen molar-refractivity contribution >= 4 is 11.8 Å². The Kier molecular flexibility index (Phi) is 4.31. The molecule has 1 heterocycles. The van der Waals surface area contributed by atoms with Gasteiger partial charge in [-0.2, -0.15) is 5.10 Å². The first-order chi connectivity index (χ1) is 14.2. The molecule has 0 saturated heterocycles. The Labute approximate surface area is 168 Å². The molecule has 3 aromatic rings. The van der Waals surface area contributed by atoms with Crippen molar-refractivity contribution in [3.63, 3.8) is 0 Å². The highest BCUT2D eigenvalue weighted by Gasteiger charge is 2.38. The van der Waals surface area contributed by atoms with E-state index in [2.05, 4.69) is 39.6 Å². The first-order valence-corrected chi connectivity index (χ1v) is 10.0. The molecule has 2 aliphatic rings. The number of oxime groups is 1. The molecule has 1 fully saturated rings. The summed E-state index contributed by atoms with van der Waals surface area (Å²) in [7, 11) is 0. The maximum absolute atomic E-state index is 13.6. The van der Waals surface area contributed by atoms with E-state index in [-0.39, 0.29) is 11.7 Å². The summed E-state index contributed by atoms with van der Waals surface area (Å²) in [4.78, 5) is 0. The monoisotopic (exact) mass is 387 g/mol. The zero-order valence-electron chi connectivity index (χ0n) is 16.0. The van der Waals surface area contributed by atoms with E-state index in [4.69, 9.17) is 0 Å². The zero-order valence-corrected chi connectivity index (χ0v) is 16.0. The van der Waals surface area contributed by atoms with Crippen molar-refractivity contribution in [2.45, 2.75) is 31.1 Å². The molecule has 5 heteroatoms. The van der Waals surface area contributed by atoms with Gasteiger partial charge in [0.05, 0.1) is 0 Å². The minimum absolute atomic E-state index is 0.245. The SMILES string of the molecule is O/N=C(/c1n[nH]c2c1C=CC(c1ccccc1)(c1ccc(F)cc1)C2)C1CCC1. The van der Waals surface area contributed by atoms with E-state index < -0.39 is 5.41 Å². The Morgan fingerprint density at radius 1 is 1.07 bits per heavy atom. The lowest BCUT2D eigenvalue weighted by molar-refractivity contribution is 0.305. The predicted octanol–water partition coefficient (Wildman–Crippen LogP) is 5.08. The van der Waals surface area contributed by atoms with Crippen LogP contribution < -0.4 is 0 Å². The molecule has 4 nitrogen and oxygen atoms in total. The Bertz CT molecular complexity index is 1080. The molecule has 1 saturated carbocycles. The van der Waals surface area contributed by atoms with Gasteiger partial charge < -0.3 is 5.21 Å². The molecule has 0 amide bonds. The average Bonchev–Trinajstić information content (AvgIpc) is 3.14. The second kappa shape index (κ2) is 6.99. The number of rotatable bonds is 4. The Morgan fingerprint density at radius 3 is 2.45 bits per heavy atom. The van der Waals surface area contributed by atoms with Crippen molar-refractivity contribution < 1.29 is 9.60 Å². The first kappa shape index (κ1) is 17.9. The van der Waals surface area contributed by atoms with E-state index in [9.17, 15) is 9.60 Å². The fourth-order valence-corrected chi connectivity index (χ4v) is 4.51. The number of hydrogen-bond acceptors (Lipinski definition) is 3.